The van der Waals surface area contributed by atoms with Crippen molar-refractivity contribution in [2.24, 2.45) is 11.1 Å². The van der Waals surface area contributed by atoms with Crippen molar-refractivity contribution in [3.05, 3.63) is 18.1 Å². The van der Waals surface area contributed by atoms with E-state index in [0.29, 0.717) is 6.54 Å². The Hall–Kier alpha value is -1.65. The summed E-state index contributed by atoms with van der Waals surface area (Å²) in [6, 6.07) is 1.94. The zero-order valence-corrected chi connectivity index (χ0v) is 10.3. The van der Waals surface area contributed by atoms with Crippen molar-refractivity contribution in [2.75, 3.05) is 18.0 Å². The maximum Gasteiger partial charge on any atom is 0.225 e. The zero-order chi connectivity index (χ0) is 12.5. The summed E-state index contributed by atoms with van der Waals surface area (Å²) in [6.45, 7) is 5.41. The Morgan fingerprint density at radius 3 is 2.94 bits per heavy atom. The van der Waals surface area contributed by atoms with Crippen LogP contribution < -0.4 is 10.6 Å². The van der Waals surface area contributed by atoms with Crippen LogP contribution in [-0.4, -0.2) is 29.0 Å². The van der Waals surface area contributed by atoms with E-state index in [4.69, 9.17) is 5.73 Å². The van der Waals surface area contributed by atoms with E-state index in [1.807, 2.05) is 19.9 Å². The van der Waals surface area contributed by atoms with Crippen LogP contribution in [0.15, 0.2) is 12.4 Å². The lowest BCUT2D eigenvalue weighted by atomic mass is 9.81. The molecule has 5 heteroatoms. The molecule has 1 aliphatic rings. The number of rotatable bonds is 2. The molecule has 2 rings (SSSR count). The summed E-state index contributed by atoms with van der Waals surface area (Å²) in [5, 5.41) is 0. The van der Waals surface area contributed by atoms with E-state index in [1.54, 1.807) is 6.33 Å². The SMILES string of the molecule is Cc1cc(N2CCC[C@](C)(C(N)=O)C2)ncn1. The number of carbonyl (C=O) groups excluding carboxylic acids is 1. The number of hydrogen-bond acceptors (Lipinski definition) is 4. The molecule has 1 atom stereocenters. The van der Waals surface area contributed by atoms with Crippen molar-refractivity contribution in [3.63, 3.8) is 0 Å². The van der Waals surface area contributed by atoms with E-state index in [1.165, 1.54) is 0 Å². The van der Waals surface area contributed by atoms with Gasteiger partial charge < -0.3 is 10.6 Å². The number of piperidine rings is 1. The second-order valence-electron chi connectivity index (χ2n) is 4.97. The number of nitrogens with zero attached hydrogens (tertiary/aromatic N) is 3. The Morgan fingerprint density at radius 2 is 2.29 bits per heavy atom. The molecule has 0 radical (unpaired) electrons. The van der Waals surface area contributed by atoms with Crippen LogP contribution in [0.2, 0.25) is 0 Å². The fourth-order valence-electron chi connectivity index (χ4n) is 2.25. The highest BCUT2D eigenvalue weighted by Gasteiger charge is 2.36. The minimum atomic E-state index is -0.447. The number of aromatic nitrogens is 2. The van der Waals surface area contributed by atoms with Crippen molar-refractivity contribution < 1.29 is 4.79 Å². The standard InChI is InChI=1S/C12H18N4O/c1-9-6-10(15-8-14-9)16-5-3-4-12(2,7-16)11(13)17/h6,8H,3-5,7H2,1-2H3,(H2,13,17)/t12-/m0/s1. The monoisotopic (exact) mass is 234 g/mol. The van der Waals surface area contributed by atoms with Gasteiger partial charge in [-0.3, -0.25) is 4.79 Å². The predicted molar refractivity (Wildman–Crippen MR) is 65.5 cm³/mol. The van der Waals surface area contributed by atoms with E-state index in [2.05, 4.69) is 14.9 Å². The first kappa shape index (κ1) is 11.8. The third-order valence-corrected chi connectivity index (χ3v) is 3.40. The number of carbonyl (C=O) groups is 1. The first-order chi connectivity index (χ1) is 8.01. The lowest BCUT2D eigenvalue weighted by Gasteiger charge is -2.38. The average molecular weight is 234 g/mol. The van der Waals surface area contributed by atoms with Gasteiger partial charge in [0.05, 0.1) is 5.41 Å². The van der Waals surface area contributed by atoms with Gasteiger partial charge in [0.1, 0.15) is 12.1 Å². The van der Waals surface area contributed by atoms with Crippen LogP contribution in [0.25, 0.3) is 0 Å². The summed E-state index contributed by atoms with van der Waals surface area (Å²) in [5.74, 6) is 0.651. The van der Waals surface area contributed by atoms with Gasteiger partial charge in [-0.25, -0.2) is 9.97 Å². The maximum absolute atomic E-state index is 11.5. The number of nitrogens with two attached hydrogens (primary N) is 1. The highest BCUT2D eigenvalue weighted by Crippen LogP contribution is 2.31. The van der Waals surface area contributed by atoms with Crippen LogP contribution >= 0.6 is 0 Å². The molecule has 92 valence electrons. The van der Waals surface area contributed by atoms with E-state index in [-0.39, 0.29) is 5.91 Å². The Kier molecular flexibility index (Phi) is 3.00. The number of hydrogen-bond donors (Lipinski definition) is 1. The van der Waals surface area contributed by atoms with Gasteiger partial charge in [0.15, 0.2) is 0 Å². The lowest BCUT2D eigenvalue weighted by molar-refractivity contribution is -0.127. The van der Waals surface area contributed by atoms with Gasteiger partial charge in [-0.2, -0.15) is 0 Å². The zero-order valence-electron chi connectivity index (χ0n) is 10.3. The molecule has 1 amide bonds. The largest absolute Gasteiger partial charge is 0.369 e. The number of aryl methyl sites for hydroxylation is 1. The summed E-state index contributed by atoms with van der Waals surface area (Å²) in [5.41, 5.74) is 5.96. The van der Waals surface area contributed by atoms with Crippen LogP contribution in [0.3, 0.4) is 0 Å². The minimum absolute atomic E-state index is 0.229. The van der Waals surface area contributed by atoms with Crippen molar-refractivity contribution in [2.45, 2.75) is 26.7 Å². The first-order valence-electron chi connectivity index (χ1n) is 5.85. The molecule has 1 aliphatic heterocycles. The summed E-state index contributed by atoms with van der Waals surface area (Å²) >= 11 is 0. The topological polar surface area (TPSA) is 72.1 Å². The highest BCUT2D eigenvalue weighted by atomic mass is 16.1. The van der Waals surface area contributed by atoms with Crippen LogP contribution in [-0.2, 0) is 4.79 Å². The van der Waals surface area contributed by atoms with Gasteiger partial charge in [-0.05, 0) is 26.7 Å². The summed E-state index contributed by atoms with van der Waals surface area (Å²) in [7, 11) is 0. The Balaban J connectivity index is 2.20. The Labute approximate surface area is 101 Å². The average Bonchev–Trinajstić information content (AvgIpc) is 2.29. The normalized spacial score (nSPS) is 24.7. The minimum Gasteiger partial charge on any atom is -0.369 e. The van der Waals surface area contributed by atoms with Crippen LogP contribution in [0.4, 0.5) is 5.82 Å². The second-order valence-corrected chi connectivity index (χ2v) is 4.97. The molecule has 0 unspecified atom stereocenters. The molecule has 0 saturated carbocycles. The van der Waals surface area contributed by atoms with E-state index in [0.717, 1.165) is 30.9 Å². The molecule has 1 aromatic heterocycles. The number of anilines is 1. The van der Waals surface area contributed by atoms with Gasteiger partial charge in [0, 0.05) is 24.8 Å². The van der Waals surface area contributed by atoms with E-state index < -0.39 is 5.41 Å². The summed E-state index contributed by atoms with van der Waals surface area (Å²) in [4.78, 5) is 21.9. The van der Waals surface area contributed by atoms with Crippen molar-refractivity contribution in [3.8, 4) is 0 Å². The van der Waals surface area contributed by atoms with Gasteiger partial charge in [0.2, 0.25) is 5.91 Å². The molecule has 1 saturated heterocycles. The molecule has 0 bridgehead atoms. The van der Waals surface area contributed by atoms with Gasteiger partial charge in [-0.1, -0.05) is 0 Å². The molecule has 5 nitrogen and oxygen atoms in total. The quantitative estimate of drug-likeness (QED) is 0.824. The fourth-order valence-corrected chi connectivity index (χ4v) is 2.25. The molecular formula is C12H18N4O. The van der Waals surface area contributed by atoms with E-state index in [9.17, 15) is 4.79 Å². The molecule has 1 aromatic rings. The van der Waals surface area contributed by atoms with Crippen LogP contribution in [0.5, 0.6) is 0 Å². The molecule has 0 aliphatic carbocycles. The lowest BCUT2D eigenvalue weighted by Crippen LogP contribution is -2.49. The van der Waals surface area contributed by atoms with Crippen molar-refractivity contribution in [1.29, 1.82) is 0 Å². The highest BCUT2D eigenvalue weighted by molar-refractivity contribution is 5.81. The molecule has 1 fully saturated rings. The molecule has 2 heterocycles. The van der Waals surface area contributed by atoms with E-state index >= 15 is 0 Å². The molecule has 17 heavy (non-hydrogen) atoms. The molecule has 0 spiro atoms. The summed E-state index contributed by atoms with van der Waals surface area (Å²) < 4.78 is 0. The number of amides is 1. The van der Waals surface area contributed by atoms with Crippen LogP contribution in [0, 0.1) is 12.3 Å². The van der Waals surface area contributed by atoms with Crippen molar-refractivity contribution >= 4 is 11.7 Å². The number of primary amides is 1. The second kappa shape index (κ2) is 4.31. The van der Waals surface area contributed by atoms with Gasteiger partial charge >= 0.3 is 0 Å². The van der Waals surface area contributed by atoms with Crippen LogP contribution in [0.1, 0.15) is 25.5 Å². The van der Waals surface area contributed by atoms with Crippen molar-refractivity contribution in [1.82, 2.24) is 9.97 Å². The first-order valence-corrected chi connectivity index (χ1v) is 5.85. The Morgan fingerprint density at radius 1 is 1.53 bits per heavy atom. The third kappa shape index (κ3) is 2.38. The fraction of sp³-hybridized carbons (Fsp3) is 0.583. The Bertz CT molecular complexity index is 434. The predicted octanol–water partition coefficient (Wildman–Crippen LogP) is 0.877. The van der Waals surface area contributed by atoms with Gasteiger partial charge in [-0.15, -0.1) is 0 Å². The maximum atomic E-state index is 11.5. The van der Waals surface area contributed by atoms with Gasteiger partial charge in [0.25, 0.3) is 0 Å². The smallest absolute Gasteiger partial charge is 0.225 e. The molecule has 0 aromatic carbocycles. The molecular weight excluding hydrogens is 216 g/mol. The summed E-state index contributed by atoms with van der Waals surface area (Å²) in [6.07, 6.45) is 3.37. The molecule has 2 N–H and O–H groups in total. The third-order valence-electron chi connectivity index (χ3n) is 3.40.